The predicted molar refractivity (Wildman–Crippen MR) is 80.5 cm³/mol. The highest BCUT2D eigenvalue weighted by Gasteiger charge is 2.12. The molecule has 21 heavy (non-hydrogen) atoms. The van der Waals surface area contributed by atoms with E-state index < -0.39 is 0 Å². The molecule has 2 aromatic rings. The highest BCUT2D eigenvalue weighted by atomic mass is 32.1. The minimum absolute atomic E-state index is 0.0462. The Morgan fingerprint density at radius 1 is 1.43 bits per heavy atom. The molecule has 0 radical (unpaired) electrons. The molecular formula is C13H17N5O2S. The predicted octanol–water partition coefficient (Wildman–Crippen LogP) is 1.07. The largest absolute Gasteiger partial charge is 0.302 e. The van der Waals surface area contributed by atoms with E-state index in [1.54, 1.807) is 14.0 Å². The third kappa shape index (κ3) is 3.72. The molecule has 0 fully saturated rings. The number of carbonyl (C=O) groups is 1. The van der Waals surface area contributed by atoms with Gasteiger partial charge in [-0.2, -0.15) is 0 Å². The van der Waals surface area contributed by atoms with Crippen LogP contribution in [0.4, 0.5) is 5.13 Å². The van der Waals surface area contributed by atoms with E-state index >= 15 is 0 Å². The molecule has 0 saturated carbocycles. The van der Waals surface area contributed by atoms with Crippen LogP contribution in [0.5, 0.6) is 0 Å². The normalized spacial score (nSPS) is 10.6. The summed E-state index contributed by atoms with van der Waals surface area (Å²) >= 11 is 1.37. The molecule has 8 heteroatoms. The van der Waals surface area contributed by atoms with Crippen LogP contribution in [0.25, 0.3) is 0 Å². The van der Waals surface area contributed by atoms with Gasteiger partial charge in [0.2, 0.25) is 11.0 Å². The molecule has 0 aliphatic heterocycles. The lowest BCUT2D eigenvalue weighted by Gasteiger charge is -2.05. The van der Waals surface area contributed by atoms with Crippen LogP contribution in [0, 0.1) is 6.92 Å². The van der Waals surface area contributed by atoms with E-state index in [0.29, 0.717) is 16.4 Å². The molecule has 1 N–H and O–H groups in total. The second-order valence-corrected chi connectivity index (χ2v) is 5.77. The summed E-state index contributed by atoms with van der Waals surface area (Å²) in [5.74, 6) is -0.252. The molecule has 112 valence electrons. The molecule has 2 aromatic heterocycles. The van der Waals surface area contributed by atoms with Gasteiger partial charge >= 0.3 is 0 Å². The molecule has 0 aliphatic carbocycles. The minimum Gasteiger partial charge on any atom is -0.302 e. The zero-order valence-corrected chi connectivity index (χ0v) is 13.0. The van der Waals surface area contributed by atoms with Gasteiger partial charge in [0.05, 0.1) is 18.4 Å². The molecule has 0 bridgehead atoms. The maximum Gasteiger partial charge on any atom is 0.256 e. The van der Waals surface area contributed by atoms with E-state index in [4.69, 9.17) is 0 Å². The van der Waals surface area contributed by atoms with Crippen molar-refractivity contribution < 1.29 is 4.79 Å². The molecule has 0 aliphatic rings. The number of aryl methyl sites for hydroxylation is 2. The van der Waals surface area contributed by atoms with Gasteiger partial charge in [-0.25, -0.2) is 4.98 Å². The number of nitrogens with zero attached hydrogens (tertiary/aromatic N) is 4. The number of nitrogens with one attached hydrogen (secondary N) is 1. The zero-order chi connectivity index (χ0) is 15.4. The first-order chi connectivity index (χ1) is 10.0. The number of anilines is 1. The summed E-state index contributed by atoms with van der Waals surface area (Å²) in [6.07, 6.45) is 3.30. The van der Waals surface area contributed by atoms with Crippen LogP contribution in [0.3, 0.4) is 0 Å². The molecule has 0 saturated heterocycles. The first-order valence-electron chi connectivity index (χ1n) is 6.64. The van der Waals surface area contributed by atoms with Crippen LogP contribution in [0.15, 0.2) is 11.1 Å². The second kappa shape index (κ2) is 6.57. The Morgan fingerprint density at radius 2 is 2.19 bits per heavy atom. The van der Waals surface area contributed by atoms with Crippen molar-refractivity contribution in [3.05, 3.63) is 32.9 Å². The number of hydrogen-bond acceptors (Lipinski definition) is 6. The van der Waals surface area contributed by atoms with Crippen molar-refractivity contribution in [2.45, 2.75) is 33.1 Å². The fourth-order valence-corrected chi connectivity index (χ4v) is 2.66. The van der Waals surface area contributed by atoms with Crippen molar-refractivity contribution in [2.75, 3.05) is 5.32 Å². The smallest absolute Gasteiger partial charge is 0.256 e. The molecule has 2 rings (SSSR count). The van der Waals surface area contributed by atoms with Gasteiger partial charge in [0.1, 0.15) is 5.01 Å². The summed E-state index contributed by atoms with van der Waals surface area (Å²) in [4.78, 5) is 27.9. The molecule has 1 amide bonds. The van der Waals surface area contributed by atoms with Crippen molar-refractivity contribution >= 4 is 22.4 Å². The first-order valence-corrected chi connectivity index (χ1v) is 7.46. The summed E-state index contributed by atoms with van der Waals surface area (Å²) in [6, 6.07) is 0. The Kier molecular flexibility index (Phi) is 4.79. The molecule has 2 heterocycles. The van der Waals surface area contributed by atoms with E-state index in [2.05, 4.69) is 27.4 Å². The van der Waals surface area contributed by atoms with Crippen LogP contribution < -0.4 is 10.9 Å². The van der Waals surface area contributed by atoms with Gasteiger partial charge in [-0.1, -0.05) is 18.3 Å². The van der Waals surface area contributed by atoms with Gasteiger partial charge in [0.15, 0.2) is 0 Å². The topological polar surface area (TPSA) is 89.8 Å². The Balaban J connectivity index is 2.04. The Morgan fingerprint density at radius 3 is 2.90 bits per heavy atom. The third-order valence-electron chi connectivity index (χ3n) is 2.97. The van der Waals surface area contributed by atoms with Gasteiger partial charge in [-0.15, -0.1) is 10.2 Å². The number of aromatic nitrogens is 4. The third-order valence-corrected chi connectivity index (χ3v) is 3.86. The number of rotatable bonds is 5. The van der Waals surface area contributed by atoms with Crippen LogP contribution in [-0.4, -0.2) is 25.7 Å². The average Bonchev–Trinajstić information content (AvgIpc) is 2.87. The van der Waals surface area contributed by atoms with Gasteiger partial charge in [-0.05, 0) is 13.3 Å². The van der Waals surface area contributed by atoms with E-state index in [0.717, 1.165) is 17.8 Å². The fraction of sp³-hybridized carbons (Fsp3) is 0.462. The van der Waals surface area contributed by atoms with Crippen LogP contribution >= 0.6 is 11.3 Å². The quantitative estimate of drug-likeness (QED) is 0.892. The highest BCUT2D eigenvalue weighted by molar-refractivity contribution is 7.15. The summed E-state index contributed by atoms with van der Waals surface area (Å²) in [6.45, 7) is 3.73. The number of amides is 1. The molecular weight excluding hydrogens is 290 g/mol. The summed E-state index contributed by atoms with van der Waals surface area (Å²) in [7, 11) is 1.63. The fourth-order valence-electron chi connectivity index (χ4n) is 1.81. The SMILES string of the molecule is CCCc1nnc(NC(=O)Cc2ncn(C)c(=O)c2C)s1. The van der Waals surface area contributed by atoms with Crippen molar-refractivity contribution in [3.63, 3.8) is 0 Å². The summed E-state index contributed by atoms with van der Waals surface area (Å²) in [5, 5.41) is 12.0. The molecule has 0 aromatic carbocycles. The number of carbonyl (C=O) groups excluding carboxylic acids is 1. The maximum absolute atomic E-state index is 12.0. The minimum atomic E-state index is -0.252. The van der Waals surface area contributed by atoms with Crippen LogP contribution in [0.2, 0.25) is 0 Å². The van der Waals surface area contributed by atoms with Gasteiger partial charge < -0.3 is 9.88 Å². The summed E-state index contributed by atoms with van der Waals surface area (Å²) < 4.78 is 1.39. The van der Waals surface area contributed by atoms with Crippen molar-refractivity contribution in [1.82, 2.24) is 19.7 Å². The van der Waals surface area contributed by atoms with E-state index in [1.807, 2.05) is 0 Å². The second-order valence-electron chi connectivity index (χ2n) is 4.71. The van der Waals surface area contributed by atoms with Crippen molar-refractivity contribution in [1.29, 1.82) is 0 Å². The molecule has 0 spiro atoms. The van der Waals surface area contributed by atoms with Gasteiger partial charge in [0.25, 0.3) is 5.56 Å². The molecule has 0 unspecified atom stereocenters. The Hall–Kier alpha value is -2.09. The van der Waals surface area contributed by atoms with Crippen molar-refractivity contribution in [2.24, 2.45) is 7.05 Å². The van der Waals surface area contributed by atoms with Crippen molar-refractivity contribution in [3.8, 4) is 0 Å². The van der Waals surface area contributed by atoms with Crippen LogP contribution in [-0.2, 0) is 24.7 Å². The lowest BCUT2D eigenvalue weighted by atomic mass is 10.2. The zero-order valence-electron chi connectivity index (χ0n) is 12.2. The average molecular weight is 307 g/mol. The Labute approximate surface area is 126 Å². The van der Waals surface area contributed by atoms with E-state index in [9.17, 15) is 9.59 Å². The first kappa shape index (κ1) is 15.3. The molecule has 0 atom stereocenters. The maximum atomic E-state index is 12.0. The Bertz CT molecular complexity index is 707. The standard InChI is InChI=1S/C13H17N5O2S/c1-4-5-11-16-17-13(21-11)15-10(19)6-9-8(2)12(20)18(3)7-14-9/h7H,4-6H2,1-3H3,(H,15,17,19). The van der Waals surface area contributed by atoms with Crippen LogP contribution in [0.1, 0.15) is 29.6 Å². The monoisotopic (exact) mass is 307 g/mol. The van der Waals surface area contributed by atoms with E-state index in [1.165, 1.54) is 22.2 Å². The van der Waals surface area contributed by atoms with E-state index in [-0.39, 0.29) is 17.9 Å². The molecule has 7 nitrogen and oxygen atoms in total. The van der Waals surface area contributed by atoms with Gasteiger partial charge in [-0.3, -0.25) is 9.59 Å². The van der Waals surface area contributed by atoms with Gasteiger partial charge in [0, 0.05) is 19.0 Å². The lowest BCUT2D eigenvalue weighted by Crippen LogP contribution is -2.24. The lowest BCUT2D eigenvalue weighted by molar-refractivity contribution is -0.115. The number of hydrogen-bond donors (Lipinski definition) is 1. The summed E-state index contributed by atoms with van der Waals surface area (Å²) in [5.41, 5.74) is 0.821. The highest BCUT2D eigenvalue weighted by Crippen LogP contribution is 2.16.